The van der Waals surface area contributed by atoms with Crippen molar-refractivity contribution in [2.45, 2.75) is 6.18 Å². The maximum absolute atomic E-state index is 12.7. The Labute approximate surface area is 182 Å². The number of halogens is 4. The highest BCUT2D eigenvalue weighted by Crippen LogP contribution is 2.31. The summed E-state index contributed by atoms with van der Waals surface area (Å²) in [7, 11) is 0. The lowest BCUT2D eigenvalue weighted by Crippen LogP contribution is -2.51. The number of nitrogens with zero attached hydrogens (tertiary/aromatic N) is 4. The van der Waals surface area contributed by atoms with Gasteiger partial charge in [-0.3, -0.25) is 0 Å². The van der Waals surface area contributed by atoms with Crippen LogP contribution in [-0.4, -0.2) is 55.2 Å². The second-order valence-electron chi connectivity index (χ2n) is 5.90. The number of aromatic nitrogens is 1. The van der Waals surface area contributed by atoms with Gasteiger partial charge in [-0.2, -0.15) is 13.2 Å². The Morgan fingerprint density at radius 1 is 1.25 bits per heavy atom. The Hall–Kier alpha value is -1.76. The average molecular weight is 527 g/mol. The second-order valence-corrected chi connectivity index (χ2v) is 6.78. The van der Waals surface area contributed by atoms with Crippen LogP contribution in [0.15, 0.2) is 40.8 Å². The van der Waals surface area contributed by atoms with Gasteiger partial charge in [0.25, 0.3) is 0 Å². The lowest BCUT2D eigenvalue weighted by molar-refractivity contribution is -0.137. The number of thiazole rings is 1. The summed E-state index contributed by atoms with van der Waals surface area (Å²) in [5.41, 5.74) is 5.28. The van der Waals surface area contributed by atoms with Crippen LogP contribution < -0.4 is 15.4 Å². The van der Waals surface area contributed by atoms with E-state index >= 15 is 0 Å². The van der Waals surface area contributed by atoms with Crippen molar-refractivity contribution in [1.82, 2.24) is 9.88 Å². The van der Waals surface area contributed by atoms with Crippen LogP contribution in [0.3, 0.4) is 0 Å². The molecule has 11 heteroatoms. The maximum Gasteiger partial charge on any atom is 0.416 e. The SMILES string of the molecule is I.NC(=NCCOc1cccc(C(F)(F)F)c1)N1CCN(c2nccs2)CC1. The predicted octanol–water partition coefficient (Wildman–Crippen LogP) is 3.30. The summed E-state index contributed by atoms with van der Waals surface area (Å²) in [6, 6.07) is 4.79. The molecule has 1 aliphatic heterocycles. The molecule has 0 atom stereocenters. The Morgan fingerprint density at radius 2 is 2.00 bits per heavy atom. The normalized spacial score (nSPS) is 15.3. The minimum atomic E-state index is -4.39. The molecule has 2 heterocycles. The van der Waals surface area contributed by atoms with Crippen LogP contribution in [0.4, 0.5) is 18.3 Å². The van der Waals surface area contributed by atoms with Crippen molar-refractivity contribution in [3.8, 4) is 5.75 Å². The van der Waals surface area contributed by atoms with Crippen molar-refractivity contribution in [2.75, 3.05) is 44.2 Å². The van der Waals surface area contributed by atoms with E-state index in [0.29, 0.717) is 5.96 Å². The van der Waals surface area contributed by atoms with Gasteiger partial charge in [0.2, 0.25) is 0 Å². The summed E-state index contributed by atoms with van der Waals surface area (Å²) in [4.78, 5) is 12.7. The third kappa shape index (κ3) is 6.12. The number of nitrogens with two attached hydrogens (primary N) is 1. The molecule has 1 aliphatic rings. The van der Waals surface area contributed by atoms with Crippen molar-refractivity contribution in [2.24, 2.45) is 10.7 Å². The lowest BCUT2D eigenvalue weighted by Gasteiger charge is -2.35. The van der Waals surface area contributed by atoms with E-state index in [-0.39, 0.29) is 42.9 Å². The minimum absolute atomic E-state index is 0. The molecule has 0 saturated carbocycles. The van der Waals surface area contributed by atoms with E-state index in [1.54, 1.807) is 17.5 Å². The Bertz CT molecular complexity index is 764. The van der Waals surface area contributed by atoms with Crippen LogP contribution in [0.2, 0.25) is 0 Å². The lowest BCUT2D eigenvalue weighted by atomic mass is 10.2. The molecule has 0 spiro atoms. The van der Waals surface area contributed by atoms with E-state index in [4.69, 9.17) is 10.5 Å². The van der Waals surface area contributed by atoms with Crippen molar-refractivity contribution < 1.29 is 17.9 Å². The molecule has 0 bridgehead atoms. The van der Waals surface area contributed by atoms with E-state index in [2.05, 4.69) is 14.9 Å². The summed E-state index contributed by atoms with van der Waals surface area (Å²) in [6.07, 6.45) is -2.60. The van der Waals surface area contributed by atoms with Crippen LogP contribution >= 0.6 is 35.3 Å². The van der Waals surface area contributed by atoms with E-state index in [0.717, 1.165) is 43.4 Å². The van der Waals surface area contributed by atoms with E-state index in [1.165, 1.54) is 12.1 Å². The van der Waals surface area contributed by atoms with Gasteiger partial charge >= 0.3 is 6.18 Å². The molecule has 3 rings (SSSR count). The molecule has 154 valence electrons. The quantitative estimate of drug-likeness (QED) is 0.280. The number of hydrogen-bond acceptors (Lipinski definition) is 5. The number of anilines is 1. The van der Waals surface area contributed by atoms with Gasteiger partial charge in [-0.25, -0.2) is 9.98 Å². The maximum atomic E-state index is 12.7. The smallest absolute Gasteiger partial charge is 0.416 e. The molecule has 28 heavy (non-hydrogen) atoms. The van der Waals surface area contributed by atoms with E-state index < -0.39 is 11.7 Å². The van der Waals surface area contributed by atoms with E-state index in [9.17, 15) is 13.2 Å². The second kappa shape index (κ2) is 10.1. The van der Waals surface area contributed by atoms with Crippen LogP contribution in [0.5, 0.6) is 5.75 Å². The fraction of sp³-hybridized carbons (Fsp3) is 0.412. The Kier molecular flexibility index (Phi) is 8.16. The molecule has 1 fully saturated rings. The minimum Gasteiger partial charge on any atom is -0.492 e. The summed E-state index contributed by atoms with van der Waals surface area (Å²) in [5, 5.41) is 2.95. The van der Waals surface area contributed by atoms with Gasteiger partial charge in [-0.1, -0.05) is 6.07 Å². The zero-order valence-electron chi connectivity index (χ0n) is 14.9. The van der Waals surface area contributed by atoms with Crippen LogP contribution in [0, 0.1) is 0 Å². The predicted molar refractivity (Wildman–Crippen MR) is 115 cm³/mol. The van der Waals surface area contributed by atoms with Crippen molar-refractivity contribution >= 4 is 46.4 Å². The molecule has 2 aromatic rings. The number of ether oxygens (including phenoxy) is 1. The number of rotatable bonds is 5. The first-order chi connectivity index (χ1) is 12.9. The highest BCUT2D eigenvalue weighted by molar-refractivity contribution is 14.0. The van der Waals surface area contributed by atoms with Crippen LogP contribution in [-0.2, 0) is 6.18 Å². The summed E-state index contributed by atoms with van der Waals surface area (Å²) in [6.45, 7) is 3.53. The van der Waals surface area contributed by atoms with Gasteiger partial charge in [-0.15, -0.1) is 35.3 Å². The van der Waals surface area contributed by atoms with Gasteiger partial charge in [0.1, 0.15) is 12.4 Å². The molecule has 0 amide bonds. The highest BCUT2D eigenvalue weighted by Gasteiger charge is 2.30. The monoisotopic (exact) mass is 527 g/mol. The molecule has 0 unspecified atom stereocenters. The fourth-order valence-corrected chi connectivity index (χ4v) is 3.38. The van der Waals surface area contributed by atoms with Crippen LogP contribution in [0.1, 0.15) is 5.56 Å². The number of piperazine rings is 1. The fourth-order valence-electron chi connectivity index (χ4n) is 2.68. The number of hydrogen-bond donors (Lipinski definition) is 1. The summed E-state index contributed by atoms with van der Waals surface area (Å²) in [5.74, 6) is 0.581. The van der Waals surface area contributed by atoms with Gasteiger partial charge in [0, 0.05) is 37.8 Å². The number of alkyl halides is 3. The molecule has 1 aromatic carbocycles. The molecule has 2 N–H and O–H groups in total. The zero-order valence-corrected chi connectivity index (χ0v) is 18.1. The third-order valence-electron chi connectivity index (χ3n) is 4.09. The molecule has 0 aliphatic carbocycles. The molecule has 0 radical (unpaired) electrons. The van der Waals surface area contributed by atoms with Crippen molar-refractivity contribution in [1.29, 1.82) is 0 Å². The molecule has 6 nitrogen and oxygen atoms in total. The standard InChI is InChI=1S/C17H20F3N5OS.HI/c18-17(19,20)13-2-1-3-14(12-13)26-10-4-22-15(21)24-6-8-25(9-7-24)16-23-5-11-27-16;/h1-3,5,11-12H,4,6-10H2,(H2,21,22);1H. The van der Waals surface area contributed by atoms with Crippen molar-refractivity contribution in [3.05, 3.63) is 41.4 Å². The summed E-state index contributed by atoms with van der Waals surface area (Å²) < 4.78 is 43.4. The topological polar surface area (TPSA) is 67.0 Å². The number of guanidine groups is 1. The Balaban J connectivity index is 0.00000280. The highest BCUT2D eigenvalue weighted by atomic mass is 127. The first-order valence-electron chi connectivity index (χ1n) is 8.43. The Morgan fingerprint density at radius 3 is 2.64 bits per heavy atom. The summed E-state index contributed by atoms with van der Waals surface area (Å²) >= 11 is 1.60. The van der Waals surface area contributed by atoms with Crippen LogP contribution in [0.25, 0.3) is 0 Å². The largest absolute Gasteiger partial charge is 0.492 e. The zero-order chi connectivity index (χ0) is 19.3. The number of benzene rings is 1. The van der Waals surface area contributed by atoms with Gasteiger partial charge in [0.15, 0.2) is 11.1 Å². The first kappa shape index (κ1) is 22.5. The molecule has 1 aromatic heterocycles. The van der Waals surface area contributed by atoms with Gasteiger partial charge in [-0.05, 0) is 18.2 Å². The first-order valence-corrected chi connectivity index (χ1v) is 9.31. The molecule has 1 saturated heterocycles. The van der Waals surface area contributed by atoms with Crippen molar-refractivity contribution in [3.63, 3.8) is 0 Å². The average Bonchev–Trinajstić information content (AvgIpc) is 3.19. The van der Waals surface area contributed by atoms with Gasteiger partial charge < -0.3 is 20.3 Å². The third-order valence-corrected chi connectivity index (χ3v) is 4.92. The molecular weight excluding hydrogens is 506 g/mol. The van der Waals surface area contributed by atoms with Gasteiger partial charge in [0.05, 0.1) is 12.1 Å². The molecular formula is C17H21F3IN5OS. The number of aliphatic imine (C=N–C) groups is 1. The van der Waals surface area contributed by atoms with E-state index in [1.807, 2.05) is 10.3 Å².